The third-order valence-electron chi connectivity index (χ3n) is 4.58. The molecule has 6 nitrogen and oxygen atoms in total. The first kappa shape index (κ1) is 19.6. The van der Waals surface area contributed by atoms with E-state index in [9.17, 15) is 0 Å². The van der Waals surface area contributed by atoms with Crippen molar-refractivity contribution in [2.75, 3.05) is 13.1 Å². The first-order chi connectivity index (χ1) is 13.8. The highest BCUT2D eigenvalue weighted by Crippen LogP contribution is 2.12. The van der Waals surface area contributed by atoms with E-state index < -0.39 is 0 Å². The summed E-state index contributed by atoms with van der Waals surface area (Å²) in [5.74, 6) is 0.836. The third-order valence-corrected chi connectivity index (χ3v) is 4.58. The van der Waals surface area contributed by atoms with Gasteiger partial charge in [-0.3, -0.25) is 9.67 Å². The van der Waals surface area contributed by atoms with Crippen LogP contribution in [0.3, 0.4) is 0 Å². The van der Waals surface area contributed by atoms with Gasteiger partial charge in [-0.25, -0.2) is 4.99 Å². The maximum Gasteiger partial charge on any atom is 0.191 e. The van der Waals surface area contributed by atoms with Gasteiger partial charge in [0.05, 0.1) is 13.1 Å². The summed E-state index contributed by atoms with van der Waals surface area (Å²) in [7, 11) is 0. The molecule has 146 valence electrons. The van der Waals surface area contributed by atoms with Crippen LogP contribution < -0.4 is 10.6 Å². The fraction of sp³-hybridized carbons (Fsp3) is 0.318. The highest BCUT2D eigenvalue weighted by Gasteiger charge is 2.04. The Balaban J connectivity index is 1.62. The molecule has 0 fully saturated rings. The number of aryl methyl sites for hydroxylation is 1. The first-order valence-corrected chi connectivity index (χ1v) is 9.72. The van der Waals surface area contributed by atoms with Crippen molar-refractivity contribution in [1.29, 1.82) is 0 Å². The quantitative estimate of drug-likeness (QED) is 0.469. The molecular weight excluding hydrogens is 348 g/mol. The van der Waals surface area contributed by atoms with E-state index in [1.807, 2.05) is 29.3 Å². The number of benzene rings is 1. The van der Waals surface area contributed by atoms with Crippen LogP contribution in [-0.2, 0) is 19.5 Å². The van der Waals surface area contributed by atoms with Crippen LogP contribution >= 0.6 is 0 Å². The number of aliphatic imine (C=N–C) groups is 1. The molecule has 0 radical (unpaired) electrons. The van der Waals surface area contributed by atoms with Gasteiger partial charge in [0.2, 0.25) is 0 Å². The van der Waals surface area contributed by atoms with Crippen molar-refractivity contribution in [2.24, 2.45) is 4.99 Å². The van der Waals surface area contributed by atoms with Gasteiger partial charge in [-0.2, -0.15) is 5.10 Å². The molecule has 0 aliphatic heterocycles. The second kappa shape index (κ2) is 10.3. The smallest absolute Gasteiger partial charge is 0.191 e. The van der Waals surface area contributed by atoms with Gasteiger partial charge in [-0.1, -0.05) is 24.3 Å². The first-order valence-electron chi connectivity index (χ1n) is 9.72. The molecule has 0 spiro atoms. The Morgan fingerprint density at radius 3 is 2.64 bits per heavy atom. The van der Waals surface area contributed by atoms with E-state index in [0.717, 1.165) is 32.0 Å². The van der Waals surface area contributed by atoms with Crippen molar-refractivity contribution in [3.63, 3.8) is 0 Å². The second-order valence-corrected chi connectivity index (χ2v) is 6.65. The highest BCUT2D eigenvalue weighted by atomic mass is 15.3. The molecule has 0 amide bonds. The van der Waals surface area contributed by atoms with Crippen molar-refractivity contribution < 1.29 is 0 Å². The summed E-state index contributed by atoms with van der Waals surface area (Å²) >= 11 is 0. The van der Waals surface area contributed by atoms with Gasteiger partial charge in [0.15, 0.2) is 5.96 Å². The Kier molecular flexibility index (Phi) is 7.18. The molecule has 0 unspecified atom stereocenters. The standard InChI is InChI=1S/C22H28N6/c1-3-24-22(25-13-10-19-9-12-23-15-18(19)2)26-16-20-7-4-5-8-21(20)17-28-14-6-11-27-28/h4-9,11-12,14-15H,3,10,13,16-17H2,1-2H3,(H2,24,25,26). The van der Waals surface area contributed by atoms with Crippen LogP contribution in [0.5, 0.6) is 0 Å². The lowest BCUT2D eigenvalue weighted by atomic mass is 10.1. The number of nitrogens with zero attached hydrogens (tertiary/aromatic N) is 4. The van der Waals surface area contributed by atoms with E-state index in [1.54, 1.807) is 6.20 Å². The molecule has 2 N–H and O–H groups in total. The van der Waals surface area contributed by atoms with Crippen LogP contribution in [0.2, 0.25) is 0 Å². The van der Waals surface area contributed by atoms with E-state index in [-0.39, 0.29) is 0 Å². The molecule has 28 heavy (non-hydrogen) atoms. The highest BCUT2D eigenvalue weighted by molar-refractivity contribution is 5.79. The average Bonchev–Trinajstić information content (AvgIpc) is 3.22. The molecule has 0 aliphatic rings. The summed E-state index contributed by atoms with van der Waals surface area (Å²) in [4.78, 5) is 8.93. The van der Waals surface area contributed by atoms with E-state index in [1.165, 1.54) is 22.3 Å². The van der Waals surface area contributed by atoms with E-state index in [2.05, 4.69) is 64.9 Å². The van der Waals surface area contributed by atoms with E-state index in [4.69, 9.17) is 4.99 Å². The Hall–Kier alpha value is -3.15. The van der Waals surface area contributed by atoms with Gasteiger partial charge in [-0.15, -0.1) is 0 Å². The summed E-state index contributed by atoms with van der Waals surface area (Å²) in [5, 5.41) is 11.1. The molecule has 1 aromatic carbocycles. The normalized spacial score (nSPS) is 11.4. The van der Waals surface area contributed by atoms with Crippen LogP contribution in [0.1, 0.15) is 29.2 Å². The van der Waals surface area contributed by atoms with Crippen LogP contribution in [0.15, 0.2) is 66.2 Å². The molecular formula is C22H28N6. The van der Waals surface area contributed by atoms with Gasteiger partial charge < -0.3 is 10.6 Å². The van der Waals surface area contributed by atoms with Gasteiger partial charge in [-0.05, 0) is 54.7 Å². The zero-order chi connectivity index (χ0) is 19.6. The molecule has 0 saturated heterocycles. The Labute approximate surface area is 166 Å². The molecule has 3 aromatic rings. The topological polar surface area (TPSA) is 67.1 Å². The molecule has 2 heterocycles. The molecule has 0 saturated carbocycles. The van der Waals surface area contributed by atoms with Crippen molar-refractivity contribution in [2.45, 2.75) is 33.4 Å². The van der Waals surface area contributed by atoms with Crippen LogP contribution in [0.25, 0.3) is 0 Å². The summed E-state index contributed by atoms with van der Waals surface area (Å²) in [6.07, 6.45) is 8.48. The van der Waals surface area contributed by atoms with E-state index >= 15 is 0 Å². The number of guanidine groups is 1. The molecule has 0 aliphatic carbocycles. The fourth-order valence-corrected chi connectivity index (χ4v) is 3.04. The number of hydrogen-bond acceptors (Lipinski definition) is 3. The van der Waals surface area contributed by atoms with Gasteiger partial charge in [0, 0.05) is 37.9 Å². The number of aromatic nitrogens is 3. The minimum atomic E-state index is 0.626. The van der Waals surface area contributed by atoms with Gasteiger partial charge in [0.25, 0.3) is 0 Å². The molecule has 0 atom stereocenters. The number of nitrogens with one attached hydrogen (secondary N) is 2. The summed E-state index contributed by atoms with van der Waals surface area (Å²) < 4.78 is 1.93. The Morgan fingerprint density at radius 2 is 1.89 bits per heavy atom. The summed E-state index contributed by atoms with van der Waals surface area (Å²) in [6, 6.07) is 12.4. The summed E-state index contributed by atoms with van der Waals surface area (Å²) in [5.41, 5.74) is 4.97. The van der Waals surface area contributed by atoms with Crippen molar-refractivity contribution >= 4 is 5.96 Å². The monoisotopic (exact) mass is 376 g/mol. The maximum absolute atomic E-state index is 4.78. The zero-order valence-electron chi connectivity index (χ0n) is 16.6. The minimum absolute atomic E-state index is 0.626. The van der Waals surface area contributed by atoms with Crippen LogP contribution in [0.4, 0.5) is 0 Å². The van der Waals surface area contributed by atoms with Crippen molar-refractivity contribution in [1.82, 2.24) is 25.4 Å². The molecule has 0 bridgehead atoms. The molecule has 6 heteroatoms. The zero-order valence-corrected chi connectivity index (χ0v) is 16.6. The van der Waals surface area contributed by atoms with Crippen LogP contribution in [0, 0.1) is 6.92 Å². The van der Waals surface area contributed by atoms with Gasteiger partial charge >= 0.3 is 0 Å². The number of hydrogen-bond donors (Lipinski definition) is 2. The second-order valence-electron chi connectivity index (χ2n) is 6.65. The number of pyridine rings is 1. The Morgan fingerprint density at radius 1 is 1.04 bits per heavy atom. The van der Waals surface area contributed by atoms with Crippen LogP contribution in [-0.4, -0.2) is 33.8 Å². The third kappa shape index (κ3) is 5.67. The minimum Gasteiger partial charge on any atom is -0.357 e. The average molecular weight is 377 g/mol. The summed E-state index contributed by atoms with van der Waals surface area (Å²) in [6.45, 7) is 7.21. The van der Waals surface area contributed by atoms with Crippen molar-refractivity contribution in [3.05, 3.63) is 83.4 Å². The fourth-order valence-electron chi connectivity index (χ4n) is 3.04. The lowest BCUT2D eigenvalue weighted by molar-refractivity contribution is 0.680. The lowest BCUT2D eigenvalue weighted by Crippen LogP contribution is -2.38. The maximum atomic E-state index is 4.78. The lowest BCUT2D eigenvalue weighted by Gasteiger charge is -2.13. The molecule has 3 rings (SSSR count). The largest absolute Gasteiger partial charge is 0.357 e. The van der Waals surface area contributed by atoms with E-state index in [0.29, 0.717) is 6.54 Å². The SMILES string of the molecule is CCNC(=NCc1ccccc1Cn1cccn1)NCCc1ccncc1C. The Bertz CT molecular complexity index is 886. The van der Waals surface area contributed by atoms with Gasteiger partial charge in [0.1, 0.15) is 0 Å². The van der Waals surface area contributed by atoms with Crippen molar-refractivity contribution in [3.8, 4) is 0 Å². The number of rotatable bonds is 8. The predicted molar refractivity (Wildman–Crippen MR) is 113 cm³/mol. The predicted octanol–water partition coefficient (Wildman–Crippen LogP) is 2.93. The molecule has 2 aromatic heterocycles.